The van der Waals surface area contributed by atoms with Crippen molar-refractivity contribution < 1.29 is 24.2 Å². The van der Waals surface area contributed by atoms with Gasteiger partial charge in [-0.1, -0.05) is 30.3 Å². The fourth-order valence-electron chi connectivity index (χ4n) is 3.61. The molecule has 0 atom stereocenters. The Morgan fingerprint density at radius 3 is 2.41 bits per heavy atom. The van der Waals surface area contributed by atoms with E-state index in [4.69, 9.17) is 14.7 Å². The van der Waals surface area contributed by atoms with E-state index >= 15 is 0 Å². The van der Waals surface area contributed by atoms with E-state index in [0.29, 0.717) is 43.0 Å². The van der Waals surface area contributed by atoms with E-state index in [1.165, 1.54) is 7.11 Å². The van der Waals surface area contributed by atoms with E-state index in [0.717, 1.165) is 5.56 Å². The van der Waals surface area contributed by atoms with Crippen LogP contribution in [-0.2, 0) is 15.0 Å². The Labute approximate surface area is 169 Å². The Hall–Kier alpha value is -3.53. The van der Waals surface area contributed by atoms with E-state index in [-0.39, 0.29) is 12.5 Å². The van der Waals surface area contributed by atoms with Crippen LogP contribution in [0.3, 0.4) is 0 Å². The minimum Gasteiger partial charge on any atom is -0.493 e. The Bertz CT molecular complexity index is 928. The molecular formula is C22H22N2O5. The van der Waals surface area contributed by atoms with E-state index in [2.05, 4.69) is 0 Å². The molecule has 1 amide bonds. The molecule has 1 heterocycles. The lowest BCUT2D eigenvalue weighted by Gasteiger charge is -2.39. The fourth-order valence-corrected chi connectivity index (χ4v) is 3.61. The van der Waals surface area contributed by atoms with E-state index in [9.17, 15) is 14.7 Å². The molecule has 0 aromatic heterocycles. The van der Waals surface area contributed by atoms with E-state index in [1.54, 1.807) is 23.1 Å². The molecule has 1 saturated heterocycles. The molecule has 3 rings (SSSR count). The van der Waals surface area contributed by atoms with Crippen molar-refractivity contribution in [3.63, 3.8) is 0 Å². The van der Waals surface area contributed by atoms with Gasteiger partial charge in [0.2, 0.25) is 0 Å². The highest BCUT2D eigenvalue weighted by Crippen LogP contribution is 2.36. The monoisotopic (exact) mass is 394 g/mol. The van der Waals surface area contributed by atoms with Gasteiger partial charge in [0.05, 0.1) is 24.2 Å². The molecule has 1 aliphatic rings. The van der Waals surface area contributed by atoms with Gasteiger partial charge in [-0.2, -0.15) is 5.26 Å². The van der Waals surface area contributed by atoms with Crippen LogP contribution in [-0.4, -0.2) is 48.7 Å². The zero-order chi connectivity index (χ0) is 20.9. The predicted molar refractivity (Wildman–Crippen MR) is 105 cm³/mol. The third-order valence-electron chi connectivity index (χ3n) is 5.35. The molecule has 0 aliphatic carbocycles. The standard InChI is InChI=1S/C22H22N2O5/c1-28-19-13-16(14-23)7-8-18(19)29-15-20(25)24-11-9-22(10-12-24,21(26)27)17-5-3-2-4-6-17/h2-8,13H,9-12,15H2,1H3,(H,26,27). The maximum Gasteiger partial charge on any atom is 0.314 e. The number of aliphatic carboxylic acids is 1. The molecule has 1 aliphatic heterocycles. The second kappa shape index (κ2) is 8.65. The number of nitriles is 1. The summed E-state index contributed by atoms with van der Waals surface area (Å²) in [5.74, 6) is -0.330. The zero-order valence-electron chi connectivity index (χ0n) is 16.1. The summed E-state index contributed by atoms with van der Waals surface area (Å²) in [4.78, 5) is 26.2. The quantitative estimate of drug-likeness (QED) is 0.808. The number of nitrogens with zero attached hydrogens (tertiary/aromatic N) is 2. The van der Waals surface area contributed by atoms with Gasteiger partial charge in [-0.3, -0.25) is 9.59 Å². The number of carbonyl (C=O) groups excluding carboxylic acids is 1. The highest BCUT2D eigenvalue weighted by molar-refractivity contribution is 5.83. The smallest absolute Gasteiger partial charge is 0.314 e. The first-order valence-corrected chi connectivity index (χ1v) is 9.28. The summed E-state index contributed by atoms with van der Waals surface area (Å²) in [6.07, 6.45) is 0.691. The Kier molecular flexibility index (Phi) is 6.03. The molecule has 0 radical (unpaired) electrons. The van der Waals surface area contributed by atoms with Crippen LogP contribution in [0, 0.1) is 11.3 Å². The van der Waals surface area contributed by atoms with E-state index < -0.39 is 11.4 Å². The molecule has 0 bridgehead atoms. The lowest BCUT2D eigenvalue weighted by atomic mass is 9.73. The van der Waals surface area contributed by atoms with Crippen LogP contribution in [0.2, 0.25) is 0 Å². The maximum absolute atomic E-state index is 12.6. The molecule has 2 aromatic rings. The first kappa shape index (κ1) is 20.2. The number of hydrogen-bond acceptors (Lipinski definition) is 5. The number of likely N-dealkylation sites (tertiary alicyclic amines) is 1. The first-order valence-electron chi connectivity index (χ1n) is 9.28. The average Bonchev–Trinajstić information content (AvgIpc) is 2.77. The Balaban J connectivity index is 1.63. The van der Waals surface area contributed by atoms with Gasteiger partial charge in [0, 0.05) is 19.2 Å². The van der Waals surface area contributed by atoms with Gasteiger partial charge >= 0.3 is 5.97 Å². The summed E-state index contributed by atoms with van der Waals surface area (Å²) >= 11 is 0. The number of benzene rings is 2. The summed E-state index contributed by atoms with van der Waals surface area (Å²) in [6.45, 7) is 0.495. The minimum absolute atomic E-state index is 0.187. The summed E-state index contributed by atoms with van der Waals surface area (Å²) < 4.78 is 10.8. The lowest BCUT2D eigenvalue weighted by Crippen LogP contribution is -2.50. The number of carbonyl (C=O) groups is 2. The topological polar surface area (TPSA) is 99.9 Å². The number of methoxy groups -OCH3 is 1. The van der Waals surface area contributed by atoms with Crippen molar-refractivity contribution in [1.82, 2.24) is 4.90 Å². The molecule has 7 heteroatoms. The molecule has 7 nitrogen and oxygen atoms in total. The van der Waals surface area contributed by atoms with Gasteiger partial charge in [0.15, 0.2) is 18.1 Å². The first-order chi connectivity index (χ1) is 14.0. The number of rotatable bonds is 6. The molecular weight excluding hydrogens is 372 g/mol. The molecule has 1 N–H and O–H groups in total. The number of hydrogen-bond donors (Lipinski definition) is 1. The van der Waals surface area contributed by atoms with Crippen LogP contribution < -0.4 is 9.47 Å². The maximum atomic E-state index is 12.6. The van der Waals surface area contributed by atoms with Crippen LogP contribution in [0.4, 0.5) is 0 Å². The highest BCUT2D eigenvalue weighted by Gasteiger charge is 2.43. The zero-order valence-corrected chi connectivity index (χ0v) is 16.1. The van der Waals surface area contributed by atoms with Crippen LogP contribution in [0.15, 0.2) is 48.5 Å². The number of piperidine rings is 1. The average molecular weight is 394 g/mol. The molecule has 0 spiro atoms. The third kappa shape index (κ3) is 4.16. The summed E-state index contributed by atoms with van der Waals surface area (Å²) in [7, 11) is 1.46. The number of carboxylic acid groups (broad SMARTS) is 1. The van der Waals surface area contributed by atoms with Gasteiger partial charge in [-0.15, -0.1) is 0 Å². The SMILES string of the molecule is COc1cc(C#N)ccc1OCC(=O)N1CCC(C(=O)O)(c2ccccc2)CC1. The van der Waals surface area contributed by atoms with Gasteiger partial charge < -0.3 is 19.5 Å². The van der Waals surface area contributed by atoms with Crippen LogP contribution in [0.5, 0.6) is 11.5 Å². The molecule has 1 fully saturated rings. The van der Waals surface area contributed by atoms with Crippen molar-refractivity contribution in [2.45, 2.75) is 18.3 Å². The largest absolute Gasteiger partial charge is 0.493 e. The molecule has 2 aromatic carbocycles. The lowest BCUT2D eigenvalue weighted by molar-refractivity contribution is -0.148. The van der Waals surface area contributed by atoms with Crippen molar-refractivity contribution in [1.29, 1.82) is 5.26 Å². The normalized spacial score (nSPS) is 15.2. The third-order valence-corrected chi connectivity index (χ3v) is 5.35. The van der Waals surface area contributed by atoms with Crippen molar-refractivity contribution in [2.75, 3.05) is 26.8 Å². The second-order valence-electron chi connectivity index (χ2n) is 6.90. The molecule has 29 heavy (non-hydrogen) atoms. The number of amides is 1. The van der Waals surface area contributed by atoms with Crippen LogP contribution in [0.1, 0.15) is 24.0 Å². The van der Waals surface area contributed by atoms with Gasteiger partial charge in [-0.05, 0) is 30.5 Å². The minimum atomic E-state index is -0.977. The molecule has 0 saturated carbocycles. The van der Waals surface area contributed by atoms with Gasteiger partial charge in [0.25, 0.3) is 5.91 Å². The second-order valence-corrected chi connectivity index (χ2v) is 6.90. The van der Waals surface area contributed by atoms with E-state index in [1.807, 2.05) is 36.4 Å². The van der Waals surface area contributed by atoms with Crippen molar-refractivity contribution in [3.05, 3.63) is 59.7 Å². The van der Waals surface area contributed by atoms with Gasteiger partial charge in [0.1, 0.15) is 0 Å². The Morgan fingerprint density at radius 2 is 1.83 bits per heavy atom. The van der Waals surface area contributed by atoms with Crippen LogP contribution >= 0.6 is 0 Å². The predicted octanol–water partition coefficient (Wildman–Crippen LogP) is 2.59. The number of carboxylic acids is 1. The van der Waals surface area contributed by atoms with Crippen LogP contribution in [0.25, 0.3) is 0 Å². The van der Waals surface area contributed by atoms with Crippen molar-refractivity contribution >= 4 is 11.9 Å². The molecule has 0 unspecified atom stereocenters. The fraction of sp³-hybridized carbons (Fsp3) is 0.318. The van der Waals surface area contributed by atoms with Gasteiger partial charge in [-0.25, -0.2) is 0 Å². The van der Waals surface area contributed by atoms with Crippen molar-refractivity contribution in [2.24, 2.45) is 0 Å². The highest BCUT2D eigenvalue weighted by atomic mass is 16.5. The summed E-state index contributed by atoms with van der Waals surface area (Å²) in [5.41, 5.74) is 0.218. The Morgan fingerprint density at radius 1 is 1.14 bits per heavy atom. The van der Waals surface area contributed by atoms with Crippen molar-refractivity contribution in [3.8, 4) is 17.6 Å². The molecule has 150 valence electrons. The number of ether oxygens (including phenoxy) is 2. The summed E-state index contributed by atoms with van der Waals surface area (Å²) in [5, 5.41) is 18.8. The summed E-state index contributed by atoms with van der Waals surface area (Å²) in [6, 6.07) is 15.9.